The van der Waals surface area contributed by atoms with Gasteiger partial charge in [0.2, 0.25) is 0 Å². The number of hydrogen-bond acceptors (Lipinski definition) is 3. The monoisotopic (exact) mass is 235 g/mol. The first-order valence-corrected chi connectivity index (χ1v) is 5.35. The second-order valence-electron chi connectivity index (χ2n) is 3.87. The molecule has 1 aliphatic heterocycles. The van der Waals surface area contributed by atoms with Gasteiger partial charge in [-0.15, -0.1) is 0 Å². The normalized spacial score (nSPS) is 14.1. The van der Waals surface area contributed by atoms with Crippen LogP contribution in [0.2, 0.25) is 0 Å². The van der Waals surface area contributed by atoms with E-state index >= 15 is 0 Å². The number of fused-ring (bicyclic) bond motifs is 1. The second-order valence-corrected chi connectivity index (χ2v) is 3.87. The summed E-state index contributed by atoms with van der Waals surface area (Å²) in [6, 6.07) is 4.78. The fraction of sp³-hybridized carbons (Fsp3) is 0.333. The smallest absolute Gasteiger partial charge is 0.414 e. The summed E-state index contributed by atoms with van der Waals surface area (Å²) in [7, 11) is 1.34. The van der Waals surface area contributed by atoms with Gasteiger partial charge in [0.05, 0.1) is 18.4 Å². The molecule has 5 heteroatoms. The summed E-state index contributed by atoms with van der Waals surface area (Å²) in [6.45, 7) is 0.603. The Morgan fingerprint density at radius 3 is 2.82 bits per heavy atom. The molecule has 90 valence electrons. The Morgan fingerprint density at radius 1 is 1.41 bits per heavy atom. The van der Waals surface area contributed by atoms with Gasteiger partial charge in [0, 0.05) is 6.54 Å². The molecule has 0 spiro atoms. The zero-order valence-corrected chi connectivity index (χ0v) is 9.47. The van der Waals surface area contributed by atoms with Gasteiger partial charge in [0.1, 0.15) is 0 Å². The molecule has 1 N–H and O–H groups in total. The second kappa shape index (κ2) is 4.45. The van der Waals surface area contributed by atoms with E-state index in [0.29, 0.717) is 6.54 Å². The van der Waals surface area contributed by atoms with Crippen molar-refractivity contribution in [1.29, 1.82) is 0 Å². The molecule has 0 unspecified atom stereocenters. The number of benzene rings is 1. The first-order chi connectivity index (χ1) is 8.13. The molecular weight excluding hydrogens is 222 g/mol. The van der Waals surface area contributed by atoms with Crippen molar-refractivity contribution in [3.8, 4) is 0 Å². The Kier molecular flexibility index (Phi) is 2.99. The third-order valence-electron chi connectivity index (χ3n) is 2.84. The van der Waals surface area contributed by atoms with Crippen molar-refractivity contribution in [2.24, 2.45) is 0 Å². The maximum Gasteiger partial charge on any atom is 0.414 e. The topological polar surface area (TPSA) is 66.8 Å². The van der Waals surface area contributed by atoms with Crippen LogP contribution in [0.5, 0.6) is 0 Å². The minimum absolute atomic E-state index is 0.246. The van der Waals surface area contributed by atoms with E-state index in [1.165, 1.54) is 18.1 Å². The number of hydrogen-bond donors (Lipinski definition) is 1. The highest BCUT2D eigenvalue weighted by atomic mass is 16.5. The fourth-order valence-corrected chi connectivity index (χ4v) is 2.03. The van der Waals surface area contributed by atoms with Gasteiger partial charge < -0.3 is 9.84 Å². The Morgan fingerprint density at radius 2 is 2.18 bits per heavy atom. The van der Waals surface area contributed by atoms with Gasteiger partial charge in [-0.25, -0.2) is 9.59 Å². The molecule has 1 amide bonds. The van der Waals surface area contributed by atoms with E-state index in [1.807, 2.05) is 0 Å². The maximum absolute atomic E-state index is 11.5. The van der Waals surface area contributed by atoms with Crippen molar-refractivity contribution in [2.45, 2.75) is 12.8 Å². The number of aryl methyl sites for hydroxylation is 1. The number of carbonyl (C=O) groups is 2. The van der Waals surface area contributed by atoms with Crippen molar-refractivity contribution < 1.29 is 19.4 Å². The highest BCUT2D eigenvalue weighted by Crippen LogP contribution is 2.28. The van der Waals surface area contributed by atoms with Gasteiger partial charge in [-0.3, -0.25) is 4.90 Å². The van der Waals surface area contributed by atoms with Gasteiger partial charge in [0.15, 0.2) is 0 Å². The van der Waals surface area contributed by atoms with Crippen LogP contribution in [0.25, 0.3) is 0 Å². The SMILES string of the molecule is COC(=O)N1CCCc2cc(C(=O)O)ccc21. The summed E-state index contributed by atoms with van der Waals surface area (Å²) in [4.78, 5) is 23.9. The third-order valence-corrected chi connectivity index (χ3v) is 2.84. The number of carbonyl (C=O) groups excluding carboxylic acids is 1. The van der Waals surface area contributed by atoms with Gasteiger partial charge in [-0.1, -0.05) is 0 Å². The number of anilines is 1. The van der Waals surface area contributed by atoms with Crippen molar-refractivity contribution in [2.75, 3.05) is 18.6 Å². The quantitative estimate of drug-likeness (QED) is 0.807. The lowest BCUT2D eigenvalue weighted by Gasteiger charge is -2.28. The molecule has 17 heavy (non-hydrogen) atoms. The number of methoxy groups -OCH3 is 1. The molecule has 2 rings (SSSR count). The number of nitrogens with zero attached hydrogens (tertiary/aromatic N) is 1. The average molecular weight is 235 g/mol. The minimum atomic E-state index is -0.956. The van der Waals surface area contributed by atoms with Crippen LogP contribution in [-0.2, 0) is 11.2 Å². The van der Waals surface area contributed by atoms with Gasteiger partial charge in [-0.2, -0.15) is 0 Å². The lowest BCUT2D eigenvalue weighted by Crippen LogP contribution is -2.35. The predicted molar refractivity (Wildman–Crippen MR) is 61.5 cm³/mol. The summed E-state index contributed by atoms with van der Waals surface area (Å²) in [6.07, 6.45) is 1.18. The minimum Gasteiger partial charge on any atom is -0.478 e. The van der Waals surface area contributed by atoms with Crippen LogP contribution < -0.4 is 4.90 Å². The van der Waals surface area contributed by atoms with Gasteiger partial charge >= 0.3 is 12.1 Å². The van der Waals surface area contributed by atoms with Crippen LogP contribution in [0, 0.1) is 0 Å². The number of rotatable bonds is 1. The molecule has 0 bridgehead atoms. The number of carboxylic acid groups (broad SMARTS) is 1. The van der Waals surface area contributed by atoms with Crippen LogP contribution >= 0.6 is 0 Å². The highest BCUT2D eigenvalue weighted by Gasteiger charge is 2.23. The summed E-state index contributed by atoms with van der Waals surface area (Å²) in [5.41, 5.74) is 1.87. The third kappa shape index (κ3) is 2.08. The molecule has 0 saturated carbocycles. The summed E-state index contributed by atoms with van der Waals surface area (Å²) in [5.74, 6) is -0.956. The maximum atomic E-state index is 11.5. The van der Waals surface area contributed by atoms with E-state index in [0.717, 1.165) is 24.1 Å². The van der Waals surface area contributed by atoms with Crippen molar-refractivity contribution in [1.82, 2.24) is 0 Å². The van der Waals surface area contributed by atoms with Gasteiger partial charge in [0.25, 0.3) is 0 Å². The zero-order chi connectivity index (χ0) is 12.4. The molecule has 5 nitrogen and oxygen atoms in total. The molecule has 0 aliphatic carbocycles. The van der Waals surface area contributed by atoms with E-state index in [2.05, 4.69) is 0 Å². The van der Waals surface area contributed by atoms with E-state index < -0.39 is 12.1 Å². The molecular formula is C12H13NO4. The molecule has 1 heterocycles. The highest BCUT2D eigenvalue weighted by molar-refractivity contribution is 5.92. The van der Waals surface area contributed by atoms with Gasteiger partial charge in [-0.05, 0) is 36.6 Å². The standard InChI is InChI=1S/C12H13NO4/c1-17-12(16)13-6-2-3-8-7-9(11(14)15)4-5-10(8)13/h4-5,7H,2-3,6H2,1H3,(H,14,15). The summed E-state index contributed by atoms with van der Waals surface area (Å²) >= 11 is 0. The fourth-order valence-electron chi connectivity index (χ4n) is 2.03. The molecule has 1 aliphatic rings. The lowest BCUT2D eigenvalue weighted by atomic mass is 9.99. The summed E-state index contributed by atoms with van der Waals surface area (Å²) in [5, 5.41) is 8.90. The Bertz CT molecular complexity index is 470. The molecule has 0 fully saturated rings. The molecule has 1 aromatic rings. The van der Waals surface area contributed by atoms with Crippen LogP contribution in [-0.4, -0.2) is 30.8 Å². The molecule has 0 atom stereocenters. The van der Waals surface area contributed by atoms with Crippen LogP contribution in [0.1, 0.15) is 22.3 Å². The summed E-state index contributed by atoms with van der Waals surface area (Å²) < 4.78 is 4.69. The number of aromatic carboxylic acids is 1. The average Bonchev–Trinajstić information content (AvgIpc) is 2.36. The van der Waals surface area contributed by atoms with E-state index in [4.69, 9.17) is 9.84 Å². The number of amides is 1. The lowest BCUT2D eigenvalue weighted by molar-refractivity contribution is 0.0696. The van der Waals surface area contributed by atoms with Crippen molar-refractivity contribution >= 4 is 17.7 Å². The predicted octanol–water partition coefficient (Wildman–Crippen LogP) is 1.90. The van der Waals surface area contributed by atoms with E-state index in [9.17, 15) is 9.59 Å². The number of carboxylic acids is 1. The molecule has 1 aromatic carbocycles. The molecule has 0 saturated heterocycles. The van der Waals surface area contributed by atoms with Crippen molar-refractivity contribution in [3.63, 3.8) is 0 Å². The van der Waals surface area contributed by atoms with E-state index in [-0.39, 0.29) is 5.56 Å². The Labute approximate surface area is 98.6 Å². The first-order valence-electron chi connectivity index (χ1n) is 5.35. The molecule has 0 aromatic heterocycles. The van der Waals surface area contributed by atoms with Crippen LogP contribution in [0.15, 0.2) is 18.2 Å². The Balaban J connectivity index is 2.40. The van der Waals surface area contributed by atoms with Crippen molar-refractivity contribution in [3.05, 3.63) is 29.3 Å². The number of ether oxygens (including phenoxy) is 1. The van der Waals surface area contributed by atoms with Crippen LogP contribution in [0.3, 0.4) is 0 Å². The van der Waals surface area contributed by atoms with Crippen LogP contribution in [0.4, 0.5) is 10.5 Å². The first kappa shape index (κ1) is 11.4. The Hall–Kier alpha value is -2.04. The van der Waals surface area contributed by atoms with E-state index in [1.54, 1.807) is 12.1 Å². The molecule has 0 radical (unpaired) electrons. The zero-order valence-electron chi connectivity index (χ0n) is 9.47. The largest absolute Gasteiger partial charge is 0.478 e.